The van der Waals surface area contributed by atoms with E-state index >= 15 is 0 Å². The molecule has 0 aliphatic carbocycles. The monoisotopic (exact) mass is 242 g/mol. The topological polar surface area (TPSA) is 38.9 Å². The van der Waals surface area contributed by atoms with Crippen LogP contribution < -0.4 is 0 Å². The second-order valence-electron chi connectivity index (χ2n) is 3.33. The van der Waals surface area contributed by atoms with Crippen LogP contribution in [-0.4, -0.2) is 9.97 Å². The van der Waals surface area contributed by atoms with Gasteiger partial charge in [0, 0.05) is 0 Å². The molecule has 2 heterocycles. The van der Waals surface area contributed by atoms with E-state index in [1.165, 1.54) is 0 Å². The van der Waals surface area contributed by atoms with Crippen LogP contribution in [0, 0.1) is 13.8 Å². The van der Waals surface area contributed by atoms with E-state index in [2.05, 4.69) is 9.97 Å². The SMILES string of the molecule is Cc1nc(C)c(-c2cnc(C(C)Cl)o2)s1. The second kappa shape index (κ2) is 3.94. The normalized spacial score (nSPS) is 13.1. The Hall–Kier alpha value is -0.870. The summed E-state index contributed by atoms with van der Waals surface area (Å²) in [6.07, 6.45) is 1.70. The predicted molar refractivity (Wildman–Crippen MR) is 61.4 cm³/mol. The largest absolute Gasteiger partial charge is 0.438 e. The summed E-state index contributed by atoms with van der Waals surface area (Å²) in [4.78, 5) is 9.49. The summed E-state index contributed by atoms with van der Waals surface area (Å²) in [7, 11) is 0. The third-order valence-corrected chi connectivity index (χ3v) is 3.27. The van der Waals surface area contributed by atoms with Gasteiger partial charge in [-0.25, -0.2) is 9.97 Å². The molecule has 2 aromatic rings. The highest BCUT2D eigenvalue weighted by atomic mass is 35.5. The molecule has 2 rings (SSSR count). The molecule has 0 aliphatic rings. The Bertz CT molecular complexity index is 475. The lowest BCUT2D eigenvalue weighted by atomic mass is 10.3. The van der Waals surface area contributed by atoms with E-state index in [9.17, 15) is 0 Å². The summed E-state index contributed by atoms with van der Waals surface area (Å²) < 4.78 is 5.55. The van der Waals surface area contributed by atoms with Gasteiger partial charge in [-0.2, -0.15) is 0 Å². The third kappa shape index (κ3) is 2.06. The standard InChI is InChI=1S/C10H11ClN2OS/c1-5(11)10-12-4-8(14-10)9-6(2)13-7(3)15-9/h4-5H,1-3H3. The van der Waals surface area contributed by atoms with E-state index in [0.717, 1.165) is 21.3 Å². The first-order chi connectivity index (χ1) is 7.08. The van der Waals surface area contributed by atoms with Crippen molar-refractivity contribution in [2.45, 2.75) is 26.1 Å². The lowest BCUT2D eigenvalue weighted by molar-refractivity contribution is 0.508. The first-order valence-corrected chi connectivity index (χ1v) is 5.87. The number of rotatable bonds is 2. The van der Waals surface area contributed by atoms with Crippen LogP contribution in [0.15, 0.2) is 10.6 Å². The van der Waals surface area contributed by atoms with Crippen LogP contribution in [0.1, 0.15) is 28.9 Å². The van der Waals surface area contributed by atoms with Crippen LogP contribution >= 0.6 is 22.9 Å². The maximum Gasteiger partial charge on any atom is 0.212 e. The predicted octanol–water partition coefficient (Wildman–Crippen LogP) is 3.71. The maximum atomic E-state index is 5.88. The van der Waals surface area contributed by atoms with Crippen molar-refractivity contribution in [1.82, 2.24) is 9.97 Å². The number of aromatic nitrogens is 2. The zero-order valence-electron chi connectivity index (χ0n) is 8.74. The quantitative estimate of drug-likeness (QED) is 0.754. The molecule has 0 saturated heterocycles. The van der Waals surface area contributed by atoms with Crippen molar-refractivity contribution >= 4 is 22.9 Å². The lowest BCUT2D eigenvalue weighted by Crippen LogP contribution is -1.80. The lowest BCUT2D eigenvalue weighted by Gasteiger charge is -1.94. The number of halogens is 1. The Morgan fingerprint density at radius 1 is 1.47 bits per heavy atom. The van der Waals surface area contributed by atoms with Crippen molar-refractivity contribution in [1.29, 1.82) is 0 Å². The van der Waals surface area contributed by atoms with Gasteiger partial charge in [0.05, 0.1) is 21.8 Å². The van der Waals surface area contributed by atoms with Gasteiger partial charge in [0.25, 0.3) is 0 Å². The molecular formula is C10H11ClN2OS. The van der Waals surface area contributed by atoms with Crippen LogP contribution in [0.25, 0.3) is 10.6 Å². The van der Waals surface area contributed by atoms with Crippen molar-refractivity contribution < 1.29 is 4.42 Å². The van der Waals surface area contributed by atoms with Gasteiger partial charge in [-0.15, -0.1) is 22.9 Å². The summed E-state index contributed by atoms with van der Waals surface area (Å²) in [6, 6.07) is 0. The zero-order valence-corrected chi connectivity index (χ0v) is 10.3. The Kier molecular flexibility index (Phi) is 2.80. The minimum absolute atomic E-state index is 0.201. The number of hydrogen-bond acceptors (Lipinski definition) is 4. The summed E-state index contributed by atoms with van der Waals surface area (Å²) >= 11 is 7.49. The summed E-state index contributed by atoms with van der Waals surface area (Å²) in [5.74, 6) is 1.30. The highest BCUT2D eigenvalue weighted by molar-refractivity contribution is 7.15. The van der Waals surface area contributed by atoms with E-state index in [1.54, 1.807) is 17.5 Å². The molecule has 0 N–H and O–H groups in total. The van der Waals surface area contributed by atoms with E-state index < -0.39 is 0 Å². The molecule has 1 unspecified atom stereocenters. The molecule has 0 spiro atoms. The highest BCUT2D eigenvalue weighted by Gasteiger charge is 2.14. The minimum atomic E-state index is -0.201. The van der Waals surface area contributed by atoms with Gasteiger partial charge in [0.1, 0.15) is 5.38 Å². The van der Waals surface area contributed by atoms with Crippen molar-refractivity contribution in [3.05, 3.63) is 22.8 Å². The Morgan fingerprint density at radius 3 is 2.67 bits per heavy atom. The van der Waals surface area contributed by atoms with Crippen LogP contribution in [0.5, 0.6) is 0 Å². The molecule has 2 aromatic heterocycles. The van der Waals surface area contributed by atoms with Crippen LogP contribution in [0.3, 0.4) is 0 Å². The van der Waals surface area contributed by atoms with Gasteiger partial charge in [-0.1, -0.05) is 0 Å². The average molecular weight is 243 g/mol. The molecule has 0 aromatic carbocycles. The molecule has 3 nitrogen and oxygen atoms in total. The summed E-state index contributed by atoms with van der Waals surface area (Å²) in [5, 5.41) is 0.826. The van der Waals surface area contributed by atoms with Crippen molar-refractivity contribution in [3.8, 4) is 10.6 Å². The fourth-order valence-electron chi connectivity index (χ4n) is 1.34. The second-order valence-corrected chi connectivity index (χ2v) is 5.18. The van der Waals surface area contributed by atoms with E-state index in [0.29, 0.717) is 5.89 Å². The number of hydrogen-bond donors (Lipinski definition) is 0. The van der Waals surface area contributed by atoms with Crippen LogP contribution in [0.4, 0.5) is 0 Å². The number of aryl methyl sites for hydroxylation is 2. The van der Waals surface area contributed by atoms with Gasteiger partial charge >= 0.3 is 0 Å². The molecule has 0 radical (unpaired) electrons. The Morgan fingerprint density at radius 2 is 2.20 bits per heavy atom. The van der Waals surface area contributed by atoms with Gasteiger partial charge < -0.3 is 4.42 Å². The Balaban J connectivity index is 2.41. The van der Waals surface area contributed by atoms with Crippen LogP contribution in [0.2, 0.25) is 0 Å². The fourth-order valence-corrected chi connectivity index (χ4v) is 2.30. The molecule has 1 atom stereocenters. The number of thiazole rings is 1. The van der Waals surface area contributed by atoms with E-state index in [1.807, 2.05) is 20.8 Å². The van der Waals surface area contributed by atoms with Crippen molar-refractivity contribution in [2.75, 3.05) is 0 Å². The fraction of sp³-hybridized carbons (Fsp3) is 0.400. The number of oxazole rings is 1. The summed E-state index contributed by atoms with van der Waals surface area (Å²) in [6.45, 7) is 5.77. The van der Waals surface area contributed by atoms with Gasteiger partial charge in [-0.3, -0.25) is 0 Å². The molecule has 5 heteroatoms. The van der Waals surface area contributed by atoms with E-state index in [-0.39, 0.29) is 5.38 Å². The average Bonchev–Trinajstić information content (AvgIpc) is 2.71. The maximum absolute atomic E-state index is 5.88. The number of alkyl halides is 1. The Labute approximate surface area is 97.1 Å². The van der Waals surface area contributed by atoms with Crippen molar-refractivity contribution in [2.24, 2.45) is 0 Å². The van der Waals surface area contributed by atoms with Crippen LogP contribution in [-0.2, 0) is 0 Å². The molecule has 0 aliphatic heterocycles. The summed E-state index contributed by atoms with van der Waals surface area (Å²) in [5.41, 5.74) is 0.974. The van der Waals surface area contributed by atoms with Crippen molar-refractivity contribution in [3.63, 3.8) is 0 Å². The highest BCUT2D eigenvalue weighted by Crippen LogP contribution is 2.31. The first-order valence-electron chi connectivity index (χ1n) is 4.62. The molecule has 80 valence electrons. The molecular weight excluding hydrogens is 232 g/mol. The number of nitrogens with zero attached hydrogens (tertiary/aromatic N) is 2. The molecule has 0 fully saturated rings. The van der Waals surface area contributed by atoms with Gasteiger partial charge in [0.15, 0.2) is 5.76 Å². The first kappa shape index (κ1) is 10.6. The molecule has 15 heavy (non-hydrogen) atoms. The molecule has 0 saturated carbocycles. The molecule has 0 bridgehead atoms. The van der Waals surface area contributed by atoms with Gasteiger partial charge in [0.2, 0.25) is 5.89 Å². The minimum Gasteiger partial charge on any atom is -0.438 e. The van der Waals surface area contributed by atoms with Gasteiger partial charge in [-0.05, 0) is 20.8 Å². The molecule has 0 amide bonds. The van der Waals surface area contributed by atoms with E-state index in [4.69, 9.17) is 16.0 Å². The smallest absolute Gasteiger partial charge is 0.212 e. The third-order valence-electron chi connectivity index (χ3n) is 1.99. The zero-order chi connectivity index (χ0) is 11.0.